The molecule has 0 radical (unpaired) electrons. The molecule has 5 heteroatoms. The number of hydrogen-bond donors (Lipinski definition) is 2. The molecular formula is C18H23N3O2. The first-order valence-electron chi connectivity index (χ1n) is 7.80. The number of unbranched alkanes of at least 4 members (excludes halogenated alkanes) is 1. The Kier molecular flexibility index (Phi) is 5.97. The summed E-state index contributed by atoms with van der Waals surface area (Å²) in [5.74, 6) is 1.48. The zero-order valence-electron chi connectivity index (χ0n) is 13.8. The average Bonchev–Trinajstić information content (AvgIpc) is 2.55. The van der Waals surface area contributed by atoms with E-state index in [1.54, 1.807) is 13.3 Å². The van der Waals surface area contributed by atoms with Crippen LogP contribution in [0.4, 0.5) is 17.2 Å². The van der Waals surface area contributed by atoms with Gasteiger partial charge in [0, 0.05) is 6.42 Å². The highest BCUT2D eigenvalue weighted by atomic mass is 16.5. The second kappa shape index (κ2) is 8.17. The third-order valence-electron chi connectivity index (χ3n) is 3.42. The normalized spacial score (nSPS) is 10.2. The van der Waals surface area contributed by atoms with Gasteiger partial charge in [0.25, 0.3) is 0 Å². The van der Waals surface area contributed by atoms with Crippen molar-refractivity contribution in [3.05, 3.63) is 42.1 Å². The van der Waals surface area contributed by atoms with Crippen molar-refractivity contribution in [1.82, 2.24) is 4.98 Å². The molecule has 2 aromatic rings. The van der Waals surface area contributed by atoms with Gasteiger partial charge in [0.15, 0.2) is 0 Å². The molecule has 23 heavy (non-hydrogen) atoms. The van der Waals surface area contributed by atoms with Crippen LogP contribution in [-0.2, 0) is 4.79 Å². The lowest BCUT2D eigenvalue weighted by Crippen LogP contribution is -2.11. The van der Waals surface area contributed by atoms with Crippen molar-refractivity contribution in [1.29, 1.82) is 0 Å². The van der Waals surface area contributed by atoms with Gasteiger partial charge in [-0.05, 0) is 43.2 Å². The van der Waals surface area contributed by atoms with Crippen LogP contribution in [0.2, 0.25) is 0 Å². The van der Waals surface area contributed by atoms with E-state index in [1.165, 1.54) is 0 Å². The van der Waals surface area contributed by atoms with Gasteiger partial charge in [0.2, 0.25) is 5.91 Å². The van der Waals surface area contributed by atoms with Crippen molar-refractivity contribution in [2.24, 2.45) is 0 Å². The lowest BCUT2D eigenvalue weighted by molar-refractivity contribution is -0.116. The largest absolute Gasteiger partial charge is 0.495 e. The Morgan fingerprint density at radius 1 is 1.26 bits per heavy atom. The van der Waals surface area contributed by atoms with E-state index in [9.17, 15) is 4.79 Å². The number of anilines is 3. The first-order chi connectivity index (χ1) is 11.1. The number of hydrogen-bond acceptors (Lipinski definition) is 4. The fourth-order valence-corrected chi connectivity index (χ4v) is 2.16. The number of ether oxygens (including phenoxy) is 1. The summed E-state index contributed by atoms with van der Waals surface area (Å²) in [6.07, 6.45) is 4.09. The van der Waals surface area contributed by atoms with Crippen LogP contribution in [0.1, 0.15) is 31.7 Å². The maximum Gasteiger partial charge on any atom is 0.224 e. The monoisotopic (exact) mass is 313 g/mol. The van der Waals surface area contributed by atoms with Gasteiger partial charge in [-0.25, -0.2) is 4.98 Å². The summed E-state index contributed by atoms with van der Waals surface area (Å²) in [6.45, 7) is 4.09. The summed E-state index contributed by atoms with van der Waals surface area (Å²) < 4.78 is 5.34. The van der Waals surface area contributed by atoms with Crippen molar-refractivity contribution in [3.8, 4) is 5.75 Å². The number of aryl methyl sites for hydroxylation is 1. The summed E-state index contributed by atoms with van der Waals surface area (Å²) in [6, 6.07) is 9.58. The number of nitrogens with zero attached hydrogens (tertiary/aromatic N) is 1. The third-order valence-corrected chi connectivity index (χ3v) is 3.42. The predicted octanol–water partition coefficient (Wildman–Crippen LogP) is 4.27. The van der Waals surface area contributed by atoms with Gasteiger partial charge in [-0.15, -0.1) is 0 Å². The van der Waals surface area contributed by atoms with Crippen LogP contribution in [0.5, 0.6) is 5.75 Å². The van der Waals surface area contributed by atoms with Crippen molar-refractivity contribution < 1.29 is 9.53 Å². The number of rotatable bonds is 7. The molecule has 0 saturated carbocycles. The summed E-state index contributed by atoms with van der Waals surface area (Å²) in [7, 11) is 1.64. The minimum atomic E-state index is 0.0229. The molecular weight excluding hydrogens is 290 g/mol. The summed E-state index contributed by atoms with van der Waals surface area (Å²) in [4.78, 5) is 16.0. The van der Waals surface area contributed by atoms with Crippen LogP contribution in [0, 0.1) is 6.92 Å². The molecule has 0 aliphatic rings. The molecule has 5 nitrogen and oxygen atoms in total. The molecule has 0 fully saturated rings. The van der Waals surface area contributed by atoms with Crippen LogP contribution < -0.4 is 15.4 Å². The second-order valence-electron chi connectivity index (χ2n) is 5.41. The van der Waals surface area contributed by atoms with Crippen molar-refractivity contribution in [2.45, 2.75) is 33.1 Å². The number of carbonyl (C=O) groups is 1. The number of benzene rings is 1. The molecule has 0 unspecified atom stereocenters. The number of amides is 1. The first-order valence-corrected chi connectivity index (χ1v) is 7.80. The van der Waals surface area contributed by atoms with Gasteiger partial charge in [0.1, 0.15) is 11.6 Å². The zero-order valence-corrected chi connectivity index (χ0v) is 13.8. The molecule has 1 heterocycles. The highest BCUT2D eigenvalue weighted by Crippen LogP contribution is 2.28. The van der Waals surface area contributed by atoms with E-state index < -0.39 is 0 Å². The fourth-order valence-electron chi connectivity index (χ4n) is 2.16. The van der Waals surface area contributed by atoms with Crippen LogP contribution in [0.25, 0.3) is 0 Å². The molecule has 1 aromatic carbocycles. The first kappa shape index (κ1) is 16.8. The average molecular weight is 313 g/mol. The van der Waals surface area contributed by atoms with E-state index in [4.69, 9.17) is 4.74 Å². The van der Waals surface area contributed by atoms with E-state index in [0.717, 1.165) is 29.8 Å². The molecule has 0 atom stereocenters. The van der Waals surface area contributed by atoms with Gasteiger partial charge in [-0.3, -0.25) is 4.79 Å². The Morgan fingerprint density at radius 3 is 2.74 bits per heavy atom. The SMILES string of the molecule is CCCCC(=O)Nc1ccc(Nc2cc(C)ccc2OC)nc1. The number of pyridine rings is 1. The Hall–Kier alpha value is -2.56. The van der Waals surface area contributed by atoms with Crippen molar-refractivity contribution >= 4 is 23.1 Å². The minimum Gasteiger partial charge on any atom is -0.495 e. The molecule has 1 aromatic heterocycles. The molecule has 0 bridgehead atoms. The standard InChI is InChI=1S/C18H23N3O2/c1-4-5-6-18(22)20-14-8-10-17(19-12-14)21-15-11-13(2)7-9-16(15)23-3/h7-12H,4-6H2,1-3H3,(H,19,21)(H,20,22). The van der Waals surface area contributed by atoms with Gasteiger partial charge in [-0.1, -0.05) is 19.4 Å². The van der Waals surface area contributed by atoms with E-state index in [1.807, 2.05) is 37.3 Å². The number of nitrogens with one attached hydrogen (secondary N) is 2. The van der Waals surface area contributed by atoms with Gasteiger partial charge in [0.05, 0.1) is 24.7 Å². The molecule has 2 rings (SSSR count). The van der Waals surface area contributed by atoms with Crippen LogP contribution in [-0.4, -0.2) is 18.0 Å². The lowest BCUT2D eigenvalue weighted by Gasteiger charge is -2.12. The Bertz CT molecular complexity index is 654. The van der Waals surface area contributed by atoms with Crippen molar-refractivity contribution in [2.75, 3.05) is 17.7 Å². The Morgan fingerprint density at radius 2 is 2.09 bits per heavy atom. The zero-order chi connectivity index (χ0) is 16.7. The van der Waals surface area contributed by atoms with Crippen LogP contribution in [0.3, 0.4) is 0 Å². The predicted molar refractivity (Wildman–Crippen MR) is 93.4 cm³/mol. The Labute approximate surface area is 137 Å². The Balaban J connectivity index is 2.03. The van der Waals surface area contributed by atoms with E-state index in [2.05, 4.69) is 22.5 Å². The molecule has 0 spiro atoms. The number of carbonyl (C=O) groups excluding carboxylic acids is 1. The fraction of sp³-hybridized carbons (Fsp3) is 0.333. The lowest BCUT2D eigenvalue weighted by atomic mass is 10.2. The molecule has 122 valence electrons. The maximum absolute atomic E-state index is 11.7. The maximum atomic E-state index is 11.7. The molecule has 2 N–H and O–H groups in total. The third kappa shape index (κ3) is 4.98. The quantitative estimate of drug-likeness (QED) is 0.801. The van der Waals surface area contributed by atoms with Crippen LogP contribution >= 0.6 is 0 Å². The molecule has 0 saturated heterocycles. The van der Waals surface area contributed by atoms with Gasteiger partial charge in [-0.2, -0.15) is 0 Å². The molecule has 0 aliphatic carbocycles. The van der Waals surface area contributed by atoms with Gasteiger partial charge >= 0.3 is 0 Å². The molecule has 1 amide bonds. The van der Waals surface area contributed by atoms with Crippen LogP contribution in [0.15, 0.2) is 36.5 Å². The van der Waals surface area contributed by atoms with E-state index in [-0.39, 0.29) is 5.91 Å². The highest BCUT2D eigenvalue weighted by Gasteiger charge is 2.05. The topological polar surface area (TPSA) is 63.2 Å². The van der Waals surface area contributed by atoms with E-state index in [0.29, 0.717) is 17.9 Å². The second-order valence-corrected chi connectivity index (χ2v) is 5.41. The van der Waals surface area contributed by atoms with E-state index >= 15 is 0 Å². The summed E-state index contributed by atoms with van der Waals surface area (Å²) >= 11 is 0. The smallest absolute Gasteiger partial charge is 0.224 e. The van der Waals surface area contributed by atoms with Gasteiger partial charge < -0.3 is 15.4 Å². The molecule has 0 aliphatic heterocycles. The highest BCUT2D eigenvalue weighted by molar-refractivity contribution is 5.90. The summed E-state index contributed by atoms with van der Waals surface area (Å²) in [5.41, 5.74) is 2.70. The van der Waals surface area contributed by atoms with Crippen molar-refractivity contribution in [3.63, 3.8) is 0 Å². The number of aromatic nitrogens is 1. The summed E-state index contributed by atoms with van der Waals surface area (Å²) in [5, 5.41) is 6.08. The number of methoxy groups -OCH3 is 1. The minimum absolute atomic E-state index is 0.0229.